The topological polar surface area (TPSA) is 87.3 Å². The average Bonchev–Trinajstić information content (AvgIpc) is 2.57. The largest absolute Gasteiger partial charge is 0.573 e. The Hall–Kier alpha value is -3.44. The number of benzene rings is 2. The van der Waals surface area contributed by atoms with Crippen molar-refractivity contribution in [2.75, 3.05) is 0 Å². The lowest BCUT2D eigenvalue weighted by molar-refractivity contribution is -0.388. The Morgan fingerprint density at radius 1 is 1.22 bits per heavy atom. The van der Waals surface area contributed by atoms with Crippen molar-refractivity contribution in [2.24, 2.45) is 0 Å². The molecule has 2 radical (unpaired) electrons. The first-order valence-electron chi connectivity index (χ1n) is 7.08. The number of fused-ring (bicyclic) bond motifs is 1. The highest BCUT2D eigenvalue weighted by atomic mass is 19.4. The van der Waals surface area contributed by atoms with Gasteiger partial charge in [0.25, 0.3) is 5.56 Å². The summed E-state index contributed by atoms with van der Waals surface area (Å²) in [5.41, 5.74) is -2.50. The fourth-order valence-electron chi connectivity index (χ4n) is 2.37. The second kappa shape index (κ2) is 6.38. The Balaban J connectivity index is 2.18. The molecule has 0 saturated carbocycles. The maximum Gasteiger partial charge on any atom is 0.573 e. The fourth-order valence-corrected chi connectivity index (χ4v) is 2.37. The van der Waals surface area contributed by atoms with Crippen LogP contribution in [-0.4, -0.2) is 28.7 Å². The van der Waals surface area contributed by atoms with Crippen LogP contribution in [0.4, 0.5) is 23.2 Å². The Morgan fingerprint density at radius 3 is 2.56 bits per heavy atom. The van der Waals surface area contributed by atoms with Crippen LogP contribution in [0.15, 0.2) is 41.5 Å². The van der Waals surface area contributed by atoms with Gasteiger partial charge in [-0.05, 0) is 18.2 Å². The van der Waals surface area contributed by atoms with E-state index in [1.807, 2.05) is 0 Å². The van der Waals surface area contributed by atoms with Crippen LogP contribution in [0.5, 0.6) is 5.75 Å². The molecule has 0 aliphatic heterocycles. The lowest BCUT2D eigenvalue weighted by atomic mass is 9.94. The molecular weight excluding hydrogens is 373 g/mol. The summed E-state index contributed by atoms with van der Waals surface area (Å²) in [5.74, 6) is -1.95. The smallest absolute Gasteiger partial charge is 0.398 e. The number of nitro groups is 1. The predicted octanol–water partition coefficient (Wildman–Crippen LogP) is 2.13. The highest BCUT2D eigenvalue weighted by molar-refractivity contribution is 6.33. The van der Waals surface area contributed by atoms with Gasteiger partial charge in [-0.25, -0.2) is 9.37 Å². The summed E-state index contributed by atoms with van der Waals surface area (Å²) in [6, 6.07) is 4.77. The van der Waals surface area contributed by atoms with Crippen LogP contribution < -0.4 is 15.8 Å². The normalized spacial score (nSPS) is 11.6. The average molecular weight is 379 g/mol. The number of hydrogen-bond acceptors (Lipinski definition) is 5. The van der Waals surface area contributed by atoms with E-state index in [-0.39, 0.29) is 22.1 Å². The SMILES string of the molecule is [B]c1ccc2c(=O)n(-c3ccc(OC(F)(F)F)c([N+](=O)[O-])c3)cnc2c1F. The van der Waals surface area contributed by atoms with Gasteiger partial charge in [0.1, 0.15) is 25.5 Å². The quantitative estimate of drug-likeness (QED) is 0.301. The van der Waals surface area contributed by atoms with Crippen LogP contribution in [0.3, 0.4) is 0 Å². The summed E-state index contributed by atoms with van der Waals surface area (Å²) in [7, 11) is 5.40. The van der Waals surface area contributed by atoms with Crippen LogP contribution >= 0.6 is 0 Å². The van der Waals surface area contributed by atoms with E-state index < -0.39 is 34.1 Å². The van der Waals surface area contributed by atoms with Gasteiger partial charge in [0.15, 0.2) is 0 Å². The van der Waals surface area contributed by atoms with Gasteiger partial charge in [0.2, 0.25) is 5.75 Å². The molecule has 3 aromatic rings. The monoisotopic (exact) mass is 379 g/mol. The number of aromatic nitrogens is 2. The second-order valence-corrected chi connectivity index (χ2v) is 5.24. The fraction of sp³-hybridized carbons (Fsp3) is 0.0667. The van der Waals surface area contributed by atoms with Crippen LogP contribution in [0.25, 0.3) is 16.6 Å². The summed E-state index contributed by atoms with van der Waals surface area (Å²) in [6.07, 6.45) is -4.25. The van der Waals surface area contributed by atoms with E-state index in [1.54, 1.807) is 0 Å². The number of alkyl halides is 3. The Morgan fingerprint density at radius 2 is 1.93 bits per heavy atom. The van der Waals surface area contributed by atoms with Crippen LogP contribution in [-0.2, 0) is 0 Å². The number of hydrogen-bond donors (Lipinski definition) is 0. The van der Waals surface area contributed by atoms with Crippen LogP contribution in [0.1, 0.15) is 0 Å². The molecule has 0 amide bonds. The second-order valence-electron chi connectivity index (χ2n) is 5.24. The molecular formula is C15H6BF4N3O4. The highest BCUT2D eigenvalue weighted by Crippen LogP contribution is 2.33. The molecule has 2 aromatic carbocycles. The lowest BCUT2D eigenvalue weighted by Crippen LogP contribution is -2.22. The molecule has 3 rings (SSSR count). The van der Waals surface area contributed by atoms with E-state index in [2.05, 4.69) is 9.72 Å². The third-order valence-corrected chi connectivity index (χ3v) is 3.54. The first-order chi connectivity index (χ1) is 12.6. The number of rotatable bonds is 3. The minimum Gasteiger partial charge on any atom is -0.398 e. The van der Waals surface area contributed by atoms with Gasteiger partial charge in [0, 0.05) is 6.07 Å². The minimum absolute atomic E-state index is 0.159. The summed E-state index contributed by atoms with van der Waals surface area (Å²) < 4.78 is 55.5. The van der Waals surface area contributed by atoms with Crippen molar-refractivity contribution in [3.05, 3.63) is 62.9 Å². The van der Waals surface area contributed by atoms with Crippen molar-refractivity contribution < 1.29 is 27.2 Å². The first-order valence-corrected chi connectivity index (χ1v) is 7.08. The van der Waals surface area contributed by atoms with E-state index >= 15 is 0 Å². The summed E-state index contributed by atoms with van der Waals surface area (Å²) in [6.45, 7) is 0. The van der Waals surface area contributed by atoms with Crippen molar-refractivity contribution in [1.82, 2.24) is 9.55 Å². The molecule has 0 aliphatic rings. The number of ether oxygens (including phenoxy) is 1. The zero-order valence-electron chi connectivity index (χ0n) is 13.0. The van der Waals surface area contributed by atoms with E-state index in [4.69, 9.17) is 7.85 Å². The van der Waals surface area contributed by atoms with Crippen molar-refractivity contribution >= 4 is 29.9 Å². The zero-order valence-corrected chi connectivity index (χ0v) is 13.0. The van der Waals surface area contributed by atoms with Gasteiger partial charge in [-0.2, -0.15) is 0 Å². The molecule has 0 N–H and O–H groups in total. The van der Waals surface area contributed by atoms with Gasteiger partial charge in [-0.1, -0.05) is 11.5 Å². The molecule has 27 heavy (non-hydrogen) atoms. The van der Waals surface area contributed by atoms with Crippen LogP contribution in [0.2, 0.25) is 0 Å². The maximum atomic E-state index is 13.9. The van der Waals surface area contributed by atoms with Gasteiger partial charge >= 0.3 is 12.0 Å². The Bertz CT molecular complexity index is 1130. The molecule has 0 atom stereocenters. The summed E-state index contributed by atoms with van der Waals surface area (Å²) in [4.78, 5) is 26.3. The van der Waals surface area contributed by atoms with E-state index in [0.717, 1.165) is 23.0 Å². The van der Waals surface area contributed by atoms with Gasteiger partial charge in [-0.15, -0.1) is 13.2 Å². The van der Waals surface area contributed by atoms with E-state index in [1.165, 1.54) is 6.07 Å². The Kier molecular flexibility index (Phi) is 4.34. The molecule has 0 spiro atoms. The molecule has 0 bridgehead atoms. The number of halogens is 4. The third-order valence-electron chi connectivity index (χ3n) is 3.54. The summed E-state index contributed by atoms with van der Waals surface area (Å²) in [5, 5.41) is 10.9. The molecule has 1 aromatic heterocycles. The first kappa shape index (κ1) is 18.4. The van der Waals surface area contributed by atoms with Crippen molar-refractivity contribution in [3.8, 4) is 11.4 Å². The summed E-state index contributed by atoms with van der Waals surface area (Å²) >= 11 is 0. The lowest BCUT2D eigenvalue weighted by Gasteiger charge is -2.11. The van der Waals surface area contributed by atoms with Crippen LogP contribution in [0, 0.1) is 15.9 Å². The zero-order chi connectivity index (χ0) is 19.9. The maximum absolute atomic E-state index is 13.9. The number of nitrogens with zero attached hydrogens (tertiary/aromatic N) is 3. The van der Waals surface area contributed by atoms with Gasteiger partial charge < -0.3 is 4.74 Å². The third kappa shape index (κ3) is 3.45. The molecule has 0 saturated heterocycles. The van der Waals surface area contributed by atoms with E-state index in [9.17, 15) is 32.5 Å². The van der Waals surface area contributed by atoms with Gasteiger partial charge in [0.05, 0.1) is 16.0 Å². The molecule has 136 valence electrons. The number of nitro benzene ring substituents is 1. The Labute approximate surface area is 148 Å². The highest BCUT2D eigenvalue weighted by Gasteiger charge is 2.34. The molecule has 7 nitrogen and oxygen atoms in total. The predicted molar refractivity (Wildman–Crippen MR) is 86.0 cm³/mol. The van der Waals surface area contributed by atoms with Crippen molar-refractivity contribution in [1.29, 1.82) is 0 Å². The molecule has 0 fully saturated rings. The van der Waals surface area contributed by atoms with E-state index in [0.29, 0.717) is 12.1 Å². The standard InChI is InChI=1S/C15H6BF4N3O4/c16-9-3-2-8-13(12(9)17)21-6-22(14(8)24)7-1-4-11(27-15(18,19)20)10(5-7)23(25)26/h1-6H. The molecule has 12 heteroatoms. The minimum atomic E-state index is -5.13. The molecule has 0 aliphatic carbocycles. The van der Waals surface area contributed by atoms with Crippen molar-refractivity contribution in [2.45, 2.75) is 6.36 Å². The molecule has 0 unspecified atom stereocenters. The van der Waals surface area contributed by atoms with Crippen molar-refractivity contribution in [3.63, 3.8) is 0 Å². The van der Waals surface area contributed by atoms with Gasteiger partial charge in [-0.3, -0.25) is 19.5 Å². The molecule has 1 heterocycles.